The normalized spacial score (nSPS) is 11.3. The number of hydrogen-bond acceptors (Lipinski definition) is 3. The fourth-order valence-corrected chi connectivity index (χ4v) is 4.52. The van der Waals surface area contributed by atoms with Crippen molar-refractivity contribution < 1.29 is 9.62 Å². The highest BCUT2D eigenvalue weighted by Crippen LogP contribution is 2.38. The first-order valence-electron chi connectivity index (χ1n) is 8.50. The molecule has 2 heterocycles. The van der Waals surface area contributed by atoms with E-state index < -0.39 is 0 Å². The van der Waals surface area contributed by atoms with Crippen LogP contribution in [-0.4, -0.2) is 10.2 Å². The Labute approximate surface area is 164 Å². The predicted molar refractivity (Wildman–Crippen MR) is 110 cm³/mol. The Balaban J connectivity index is 1.86. The second-order valence-electron chi connectivity index (χ2n) is 6.24. The van der Waals surface area contributed by atoms with Gasteiger partial charge in [-0.2, -0.15) is 0 Å². The lowest BCUT2D eigenvalue weighted by Crippen LogP contribution is -2.25. The largest absolute Gasteiger partial charge is 0.457 e. The van der Waals surface area contributed by atoms with E-state index in [-0.39, 0.29) is 5.88 Å². The van der Waals surface area contributed by atoms with E-state index in [2.05, 4.69) is 12.1 Å². The van der Waals surface area contributed by atoms with E-state index in [0.717, 1.165) is 37.3 Å². The van der Waals surface area contributed by atoms with E-state index in [4.69, 9.17) is 16.7 Å². The van der Waals surface area contributed by atoms with Gasteiger partial charge in [0, 0.05) is 31.1 Å². The summed E-state index contributed by atoms with van der Waals surface area (Å²) in [6.45, 7) is 0. The zero-order valence-electron chi connectivity index (χ0n) is 14.1. The summed E-state index contributed by atoms with van der Waals surface area (Å²) in [5.41, 5.74) is 2.74. The molecule has 0 saturated carbocycles. The summed E-state index contributed by atoms with van der Waals surface area (Å²) in [6.07, 6.45) is 0. The van der Waals surface area contributed by atoms with E-state index in [1.807, 2.05) is 66.7 Å². The molecular weight excluding hydrogens is 376 g/mol. The molecule has 3 nitrogen and oxygen atoms in total. The number of fused-ring (bicyclic) bond motifs is 3. The molecule has 2 aromatic heterocycles. The van der Waals surface area contributed by atoms with Gasteiger partial charge in [-0.25, -0.2) is 0 Å². The Morgan fingerprint density at radius 3 is 2.19 bits per heavy atom. The van der Waals surface area contributed by atoms with Gasteiger partial charge in [-0.3, -0.25) is 0 Å². The maximum atomic E-state index is 10.9. The van der Waals surface area contributed by atoms with Crippen LogP contribution in [0, 0.1) is 0 Å². The highest BCUT2D eigenvalue weighted by atomic mass is 35.5. The van der Waals surface area contributed by atoms with Gasteiger partial charge in [-0.15, -0.1) is 0 Å². The summed E-state index contributed by atoms with van der Waals surface area (Å²) in [5.74, 6) is 0.155. The third kappa shape index (κ3) is 2.65. The maximum absolute atomic E-state index is 10.9. The number of aromatic hydroxyl groups is 1. The van der Waals surface area contributed by atoms with Gasteiger partial charge in [0.15, 0.2) is 4.88 Å². The zero-order valence-corrected chi connectivity index (χ0v) is 15.7. The molecule has 0 atom stereocenters. The van der Waals surface area contributed by atoms with Gasteiger partial charge >= 0.3 is 10.7 Å². The second kappa shape index (κ2) is 6.34. The Hall–Kier alpha value is -2.95. The number of nitrogens with zero attached hydrogens (tertiary/aromatic N) is 2. The third-order valence-electron chi connectivity index (χ3n) is 4.56. The summed E-state index contributed by atoms with van der Waals surface area (Å²) in [4.78, 5) is 1.72. The SMILES string of the molecule is Oc1c(-c2ccccc2)sc2c3ccccc3c(-c3ccc(Cl)cc3)n[n+]12. The fraction of sp³-hybridized carbons (Fsp3) is 0. The van der Waals surface area contributed by atoms with Gasteiger partial charge in [0.2, 0.25) is 0 Å². The average molecular weight is 390 g/mol. The van der Waals surface area contributed by atoms with Crippen molar-refractivity contribution in [3.8, 4) is 27.6 Å². The molecule has 0 aliphatic heterocycles. The lowest BCUT2D eigenvalue weighted by atomic mass is 10.1. The van der Waals surface area contributed by atoms with Crippen molar-refractivity contribution in [2.24, 2.45) is 0 Å². The Morgan fingerprint density at radius 1 is 0.778 bits per heavy atom. The smallest absolute Gasteiger partial charge is 0.416 e. The van der Waals surface area contributed by atoms with E-state index in [1.165, 1.54) is 0 Å². The lowest BCUT2D eigenvalue weighted by molar-refractivity contribution is -0.582. The van der Waals surface area contributed by atoms with Crippen molar-refractivity contribution in [2.45, 2.75) is 0 Å². The molecule has 0 fully saturated rings. The monoisotopic (exact) mass is 389 g/mol. The van der Waals surface area contributed by atoms with Crippen molar-refractivity contribution >= 4 is 38.5 Å². The molecule has 0 amide bonds. The molecule has 0 bridgehead atoms. The van der Waals surface area contributed by atoms with Crippen LogP contribution >= 0.6 is 22.9 Å². The van der Waals surface area contributed by atoms with E-state index >= 15 is 0 Å². The first-order valence-corrected chi connectivity index (χ1v) is 9.70. The molecule has 0 spiro atoms. The van der Waals surface area contributed by atoms with Crippen LogP contribution in [0.3, 0.4) is 0 Å². The molecule has 1 N–H and O–H groups in total. The molecule has 5 rings (SSSR count). The van der Waals surface area contributed by atoms with Crippen molar-refractivity contribution in [3.63, 3.8) is 0 Å². The number of benzene rings is 3. The van der Waals surface area contributed by atoms with Gasteiger partial charge in [0.05, 0.1) is 5.39 Å². The summed E-state index contributed by atoms with van der Waals surface area (Å²) >= 11 is 7.59. The van der Waals surface area contributed by atoms with Crippen LogP contribution in [0.4, 0.5) is 0 Å². The van der Waals surface area contributed by atoms with E-state index in [0.29, 0.717) is 5.02 Å². The van der Waals surface area contributed by atoms with Gasteiger partial charge in [0.25, 0.3) is 0 Å². The summed E-state index contributed by atoms with van der Waals surface area (Å²) in [5, 5.41) is 18.5. The summed E-state index contributed by atoms with van der Waals surface area (Å²) < 4.78 is 1.64. The first-order chi connectivity index (χ1) is 13.2. The quantitative estimate of drug-likeness (QED) is 0.391. The average Bonchev–Trinajstić information content (AvgIpc) is 3.06. The number of halogens is 1. The van der Waals surface area contributed by atoms with Gasteiger partial charge in [-0.05, 0) is 18.2 Å². The number of hydrogen-bond donors (Lipinski definition) is 1. The Bertz CT molecular complexity index is 1280. The van der Waals surface area contributed by atoms with Crippen LogP contribution in [0.25, 0.3) is 37.3 Å². The third-order valence-corrected chi connectivity index (χ3v) is 6.02. The number of rotatable bonds is 2. The molecular formula is C22H14ClN2OS+. The second-order valence-corrected chi connectivity index (χ2v) is 7.67. The lowest BCUT2D eigenvalue weighted by Gasteiger charge is -2.03. The maximum Gasteiger partial charge on any atom is 0.416 e. The summed E-state index contributed by atoms with van der Waals surface area (Å²) in [7, 11) is 0. The van der Waals surface area contributed by atoms with Crippen LogP contribution in [0.15, 0.2) is 78.9 Å². The van der Waals surface area contributed by atoms with Crippen molar-refractivity contribution in [2.75, 3.05) is 0 Å². The van der Waals surface area contributed by atoms with Gasteiger partial charge in [0.1, 0.15) is 5.69 Å². The molecule has 5 aromatic rings. The van der Waals surface area contributed by atoms with Crippen molar-refractivity contribution in [3.05, 3.63) is 83.9 Å². The highest BCUT2D eigenvalue weighted by Gasteiger charge is 2.27. The van der Waals surface area contributed by atoms with E-state index in [9.17, 15) is 5.11 Å². The zero-order chi connectivity index (χ0) is 18.4. The number of thiazole rings is 1. The van der Waals surface area contributed by atoms with E-state index in [1.54, 1.807) is 15.9 Å². The minimum Gasteiger partial charge on any atom is -0.457 e. The minimum absolute atomic E-state index is 0.155. The standard InChI is InChI=1S/C22H13ClN2OS/c23-16-12-10-14(11-13-16)19-17-8-4-5-9-18(17)22-25(24-19)21(26)20(27-22)15-6-2-1-3-7-15/h1-13H/p+1. The van der Waals surface area contributed by atoms with Crippen molar-refractivity contribution in [1.29, 1.82) is 0 Å². The molecule has 3 aromatic carbocycles. The molecule has 27 heavy (non-hydrogen) atoms. The highest BCUT2D eigenvalue weighted by molar-refractivity contribution is 7.21. The number of aromatic nitrogens is 2. The van der Waals surface area contributed by atoms with Crippen LogP contribution < -0.4 is 4.52 Å². The van der Waals surface area contributed by atoms with Crippen molar-refractivity contribution in [1.82, 2.24) is 5.10 Å². The van der Waals surface area contributed by atoms with Gasteiger partial charge in [-0.1, -0.05) is 83.6 Å². The summed E-state index contributed by atoms with van der Waals surface area (Å²) in [6, 6.07) is 25.6. The molecule has 0 aliphatic rings. The van der Waals surface area contributed by atoms with Crippen LogP contribution in [-0.2, 0) is 0 Å². The fourth-order valence-electron chi connectivity index (χ4n) is 3.27. The van der Waals surface area contributed by atoms with Gasteiger partial charge < -0.3 is 5.11 Å². The topological polar surface area (TPSA) is 37.2 Å². The first kappa shape index (κ1) is 16.2. The Kier molecular flexibility index (Phi) is 3.81. The van der Waals surface area contributed by atoms with Crippen LogP contribution in [0.1, 0.15) is 0 Å². The molecule has 0 saturated heterocycles. The van der Waals surface area contributed by atoms with Crippen LogP contribution in [0.2, 0.25) is 5.02 Å². The predicted octanol–water partition coefficient (Wildman–Crippen LogP) is 5.73. The van der Waals surface area contributed by atoms with Crippen LogP contribution in [0.5, 0.6) is 5.88 Å². The molecule has 5 heteroatoms. The Morgan fingerprint density at radius 2 is 1.44 bits per heavy atom. The molecule has 0 radical (unpaired) electrons. The molecule has 130 valence electrons. The molecule has 0 unspecified atom stereocenters. The minimum atomic E-state index is 0.155. The molecule has 0 aliphatic carbocycles.